The van der Waals surface area contributed by atoms with Gasteiger partial charge in [0.2, 0.25) is 5.89 Å². The molecule has 3 N–H and O–H groups in total. The SMILES string of the molecule is CC(C)(C)c1nc2cc(NC(=O)NCCNC(=O)c3ccccc3)ccc2o1. The van der Waals surface area contributed by atoms with Crippen molar-refractivity contribution in [2.45, 2.75) is 26.2 Å². The number of aromatic nitrogens is 1. The van der Waals surface area contributed by atoms with E-state index in [0.717, 1.165) is 0 Å². The van der Waals surface area contributed by atoms with Gasteiger partial charge in [-0.2, -0.15) is 0 Å². The molecule has 0 fully saturated rings. The Balaban J connectivity index is 1.48. The summed E-state index contributed by atoms with van der Waals surface area (Å²) in [6, 6.07) is 13.9. The number of amides is 3. The van der Waals surface area contributed by atoms with Gasteiger partial charge in [0.15, 0.2) is 5.58 Å². The number of hydrogen-bond donors (Lipinski definition) is 3. The van der Waals surface area contributed by atoms with Gasteiger partial charge in [0.25, 0.3) is 5.91 Å². The Labute approximate surface area is 163 Å². The lowest BCUT2D eigenvalue weighted by molar-refractivity contribution is 0.0954. The van der Waals surface area contributed by atoms with Crippen LogP contribution in [0.4, 0.5) is 10.5 Å². The van der Waals surface area contributed by atoms with Crippen molar-refractivity contribution in [3.05, 3.63) is 60.0 Å². The maximum absolute atomic E-state index is 12.0. The summed E-state index contributed by atoms with van der Waals surface area (Å²) < 4.78 is 5.75. The van der Waals surface area contributed by atoms with E-state index in [9.17, 15) is 9.59 Å². The molecule has 3 amide bonds. The lowest BCUT2D eigenvalue weighted by Gasteiger charge is -2.11. The summed E-state index contributed by atoms with van der Waals surface area (Å²) >= 11 is 0. The molecule has 0 spiro atoms. The van der Waals surface area contributed by atoms with Crippen LogP contribution in [-0.2, 0) is 5.41 Å². The van der Waals surface area contributed by atoms with Crippen molar-refractivity contribution in [1.82, 2.24) is 15.6 Å². The Morgan fingerprint density at radius 3 is 2.43 bits per heavy atom. The van der Waals surface area contributed by atoms with Gasteiger partial charge in [-0.3, -0.25) is 4.79 Å². The third kappa shape index (κ3) is 4.88. The number of nitrogens with one attached hydrogen (secondary N) is 3. The molecular formula is C21H24N4O3. The Morgan fingerprint density at radius 2 is 1.71 bits per heavy atom. The molecule has 7 heteroatoms. The van der Waals surface area contributed by atoms with Crippen molar-refractivity contribution >= 4 is 28.7 Å². The molecule has 7 nitrogen and oxygen atoms in total. The number of anilines is 1. The normalized spacial score (nSPS) is 11.2. The molecule has 0 unspecified atom stereocenters. The van der Waals surface area contributed by atoms with E-state index in [0.29, 0.717) is 41.3 Å². The van der Waals surface area contributed by atoms with Crippen molar-refractivity contribution in [2.24, 2.45) is 0 Å². The van der Waals surface area contributed by atoms with Crippen molar-refractivity contribution < 1.29 is 14.0 Å². The van der Waals surface area contributed by atoms with Crippen LogP contribution in [0.3, 0.4) is 0 Å². The van der Waals surface area contributed by atoms with E-state index in [1.54, 1.807) is 42.5 Å². The monoisotopic (exact) mass is 380 g/mol. The Hall–Kier alpha value is -3.35. The first-order valence-corrected chi connectivity index (χ1v) is 9.12. The Bertz CT molecular complexity index is 974. The minimum atomic E-state index is -0.354. The zero-order chi connectivity index (χ0) is 20.1. The van der Waals surface area contributed by atoms with Crippen LogP contribution < -0.4 is 16.0 Å². The summed E-state index contributed by atoms with van der Waals surface area (Å²) in [6.07, 6.45) is 0. The number of carbonyl (C=O) groups is 2. The number of fused-ring (bicyclic) bond motifs is 1. The van der Waals surface area contributed by atoms with Crippen molar-refractivity contribution in [2.75, 3.05) is 18.4 Å². The molecule has 1 aromatic heterocycles. The second kappa shape index (κ2) is 8.12. The topological polar surface area (TPSA) is 96.3 Å². The van der Waals surface area contributed by atoms with Crippen LogP contribution in [0.2, 0.25) is 0 Å². The molecule has 0 atom stereocenters. The highest BCUT2D eigenvalue weighted by molar-refractivity contribution is 5.94. The quantitative estimate of drug-likeness (QED) is 0.588. The van der Waals surface area contributed by atoms with Gasteiger partial charge in [-0.1, -0.05) is 39.0 Å². The largest absolute Gasteiger partial charge is 0.440 e. The molecule has 146 valence electrons. The molecule has 3 rings (SSSR count). The Kier molecular flexibility index (Phi) is 5.63. The Morgan fingerprint density at radius 1 is 1.00 bits per heavy atom. The molecule has 0 aliphatic rings. The molecular weight excluding hydrogens is 356 g/mol. The van der Waals surface area contributed by atoms with Gasteiger partial charge in [0, 0.05) is 29.8 Å². The van der Waals surface area contributed by atoms with Gasteiger partial charge in [-0.05, 0) is 30.3 Å². The van der Waals surface area contributed by atoms with E-state index in [-0.39, 0.29) is 17.4 Å². The number of carbonyl (C=O) groups excluding carboxylic acids is 2. The average Bonchev–Trinajstić information content (AvgIpc) is 3.09. The fourth-order valence-corrected chi connectivity index (χ4v) is 2.54. The third-order valence-electron chi connectivity index (χ3n) is 4.02. The second-order valence-electron chi connectivity index (χ2n) is 7.45. The molecule has 0 aliphatic carbocycles. The van der Waals surface area contributed by atoms with Gasteiger partial charge in [0.05, 0.1) is 0 Å². The lowest BCUT2D eigenvalue weighted by Crippen LogP contribution is -2.36. The molecule has 0 aliphatic heterocycles. The fourth-order valence-electron chi connectivity index (χ4n) is 2.54. The summed E-state index contributed by atoms with van der Waals surface area (Å²) in [7, 11) is 0. The van der Waals surface area contributed by atoms with Crippen molar-refractivity contribution in [3.8, 4) is 0 Å². The molecule has 1 heterocycles. The summed E-state index contributed by atoms with van der Waals surface area (Å²) in [4.78, 5) is 28.5. The zero-order valence-electron chi connectivity index (χ0n) is 16.2. The smallest absolute Gasteiger partial charge is 0.319 e. The van der Waals surface area contributed by atoms with E-state index in [4.69, 9.17) is 4.42 Å². The molecule has 0 bridgehead atoms. The number of urea groups is 1. The third-order valence-corrected chi connectivity index (χ3v) is 4.02. The maximum atomic E-state index is 12.0. The van der Waals surface area contributed by atoms with Crippen molar-refractivity contribution in [1.29, 1.82) is 0 Å². The minimum Gasteiger partial charge on any atom is -0.440 e. The second-order valence-corrected chi connectivity index (χ2v) is 7.45. The molecule has 0 radical (unpaired) electrons. The first kappa shape index (κ1) is 19.4. The molecule has 3 aromatic rings. The number of nitrogens with zero attached hydrogens (tertiary/aromatic N) is 1. The average molecular weight is 380 g/mol. The van der Waals surface area contributed by atoms with Crippen LogP contribution >= 0.6 is 0 Å². The number of oxazole rings is 1. The van der Waals surface area contributed by atoms with E-state index in [1.807, 2.05) is 26.8 Å². The van der Waals surface area contributed by atoms with Crippen LogP contribution in [0.15, 0.2) is 52.9 Å². The summed E-state index contributed by atoms with van der Waals surface area (Å²) in [5.74, 6) is 0.479. The van der Waals surface area contributed by atoms with Crippen LogP contribution in [0.25, 0.3) is 11.1 Å². The maximum Gasteiger partial charge on any atom is 0.319 e. The fraction of sp³-hybridized carbons (Fsp3) is 0.286. The number of rotatable bonds is 5. The number of benzene rings is 2. The predicted octanol–water partition coefficient (Wildman–Crippen LogP) is 3.68. The van der Waals surface area contributed by atoms with Gasteiger partial charge in [0.1, 0.15) is 5.52 Å². The summed E-state index contributed by atoms with van der Waals surface area (Å²) in [5, 5.41) is 8.22. The van der Waals surface area contributed by atoms with Crippen LogP contribution in [-0.4, -0.2) is 30.0 Å². The highest BCUT2D eigenvalue weighted by atomic mass is 16.3. The van der Waals surface area contributed by atoms with E-state index >= 15 is 0 Å². The van der Waals surface area contributed by atoms with E-state index in [2.05, 4.69) is 20.9 Å². The van der Waals surface area contributed by atoms with Crippen LogP contribution in [0.5, 0.6) is 0 Å². The molecule has 0 saturated carbocycles. The van der Waals surface area contributed by atoms with Gasteiger partial charge < -0.3 is 20.4 Å². The molecule has 2 aromatic carbocycles. The highest BCUT2D eigenvalue weighted by Gasteiger charge is 2.21. The number of hydrogen-bond acceptors (Lipinski definition) is 4. The van der Waals surface area contributed by atoms with E-state index in [1.165, 1.54) is 0 Å². The minimum absolute atomic E-state index is 0.172. The van der Waals surface area contributed by atoms with Gasteiger partial charge >= 0.3 is 6.03 Å². The van der Waals surface area contributed by atoms with E-state index < -0.39 is 0 Å². The first-order valence-electron chi connectivity index (χ1n) is 9.12. The van der Waals surface area contributed by atoms with Crippen molar-refractivity contribution in [3.63, 3.8) is 0 Å². The standard InChI is InChI=1S/C21H24N4O3/c1-21(2,3)19-25-16-13-15(9-10-17(16)28-19)24-20(27)23-12-11-22-18(26)14-7-5-4-6-8-14/h4-10,13H,11-12H2,1-3H3,(H,22,26)(H2,23,24,27). The highest BCUT2D eigenvalue weighted by Crippen LogP contribution is 2.27. The van der Waals surface area contributed by atoms with Crippen LogP contribution in [0.1, 0.15) is 37.0 Å². The summed E-state index contributed by atoms with van der Waals surface area (Å²) in [5.41, 5.74) is 2.39. The first-order chi connectivity index (χ1) is 13.3. The zero-order valence-corrected chi connectivity index (χ0v) is 16.2. The van der Waals surface area contributed by atoms with Crippen LogP contribution in [0, 0.1) is 0 Å². The van der Waals surface area contributed by atoms with Gasteiger partial charge in [-0.15, -0.1) is 0 Å². The lowest BCUT2D eigenvalue weighted by atomic mass is 9.97. The predicted molar refractivity (Wildman–Crippen MR) is 109 cm³/mol. The molecule has 0 saturated heterocycles. The summed E-state index contributed by atoms with van der Waals surface area (Å²) in [6.45, 7) is 6.73. The molecule has 28 heavy (non-hydrogen) atoms. The van der Waals surface area contributed by atoms with Gasteiger partial charge in [-0.25, -0.2) is 9.78 Å².